The second kappa shape index (κ2) is 8.27. The highest BCUT2D eigenvalue weighted by Gasteiger charge is 2.20. The van der Waals surface area contributed by atoms with Gasteiger partial charge in [0.25, 0.3) is 0 Å². The topological polar surface area (TPSA) is 38.3 Å². The number of amides is 1. The van der Waals surface area contributed by atoms with Gasteiger partial charge in [-0.05, 0) is 49.4 Å². The number of hydrogen-bond donors (Lipinski definition) is 1. The van der Waals surface area contributed by atoms with Gasteiger partial charge in [0.05, 0.1) is 5.75 Å². The van der Waals surface area contributed by atoms with E-state index in [2.05, 4.69) is 5.32 Å². The van der Waals surface area contributed by atoms with E-state index in [-0.39, 0.29) is 11.7 Å². The van der Waals surface area contributed by atoms with Gasteiger partial charge in [0, 0.05) is 24.7 Å². The molecule has 2 rings (SSSR count). The lowest BCUT2D eigenvalue weighted by atomic mass is 10.4. The smallest absolute Gasteiger partial charge is 0.230 e. The molecule has 5 heteroatoms. The van der Waals surface area contributed by atoms with Crippen molar-refractivity contribution in [3.63, 3.8) is 0 Å². The fraction of sp³-hybridized carbons (Fsp3) is 0.533. The molecule has 0 atom stereocenters. The zero-order valence-corrected chi connectivity index (χ0v) is 12.3. The van der Waals surface area contributed by atoms with E-state index >= 15 is 0 Å². The summed E-state index contributed by atoms with van der Waals surface area (Å²) in [6.45, 7) is 2.23. The van der Waals surface area contributed by atoms with Crippen LogP contribution in [0.15, 0.2) is 29.2 Å². The van der Waals surface area contributed by atoms with Crippen LogP contribution in [0.5, 0.6) is 0 Å². The molecule has 0 saturated heterocycles. The molecule has 0 heterocycles. The number of hydrogen-bond acceptors (Lipinski definition) is 3. The van der Waals surface area contributed by atoms with Crippen molar-refractivity contribution in [3.8, 4) is 0 Å². The van der Waals surface area contributed by atoms with E-state index in [1.165, 1.54) is 36.7 Å². The Balaban J connectivity index is 1.48. The minimum atomic E-state index is -0.259. The lowest BCUT2D eigenvalue weighted by Gasteiger charge is -2.06. The van der Waals surface area contributed by atoms with Crippen molar-refractivity contribution in [2.45, 2.75) is 24.2 Å². The van der Waals surface area contributed by atoms with Crippen molar-refractivity contribution in [2.75, 3.05) is 25.5 Å². The summed E-state index contributed by atoms with van der Waals surface area (Å²) in [5.74, 6) is 0.886. The maximum absolute atomic E-state index is 12.7. The fourth-order valence-electron chi connectivity index (χ4n) is 1.67. The van der Waals surface area contributed by atoms with Crippen LogP contribution in [0.3, 0.4) is 0 Å². The van der Waals surface area contributed by atoms with E-state index in [1.807, 2.05) is 0 Å². The van der Waals surface area contributed by atoms with Crippen LogP contribution in [0.25, 0.3) is 0 Å². The zero-order chi connectivity index (χ0) is 14.2. The highest BCUT2D eigenvalue weighted by atomic mass is 32.2. The molecule has 1 N–H and O–H groups in total. The molecule has 3 nitrogen and oxygen atoms in total. The van der Waals surface area contributed by atoms with Crippen LogP contribution in [-0.2, 0) is 9.53 Å². The molecule has 1 aliphatic rings. The average molecular weight is 297 g/mol. The third-order valence-electron chi connectivity index (χ3n) is 3.02. The van der Waals surface area contributed by atoms with Crippen molar-refractivity contribution in [1.82, 2.24) is 5.32 Å². The third kappa shape index (κ3) is 6.39. The third-order valence-corrected chi connectivity index (χ3v) is 4.03. The Kier molecular flexibility index (Phi) is 6.33. The Labute approximate surface area is 123 Å². The molecule has 1 amide bonds. The van der Waals surface area contributed by atoms with Gasteiger partial charge in [-0.1, -0.05) is 0 Å². The number of thioether (sulfide) groups is 1. The number of rotatable bonds is 9. The fourth-order valence-corrected chi connectivity index (χ4v) is 2.40. The van der Waals surface area contributed by atoms with E-state index in [9.17, 15) is 9.18 Å². The summed E-state index contributed by atoms with van der Waals surface area (Å²) in [4.78, 5) is 12.5. The quantitative estimate of drug-likeness (QED) is 0.562. The minimum absolute atomic E-state index is 0.00141. The summed E-state index contributed by atoms with van der Waals surface area (Å²) in [7, 11) is 0. The summed E-state index contributed by atoms with van der Waals surface area (Å²) in [6, 6.07) is 6.16. The zero-order valence-electron chi connectivity index (χ0n) is 11.4. The molecule has 1 aromatic rings. The van der Waals surface area contributed by atoms with E-state index < -0.39 is 0 Å². The number of ether oxygens (including phenoxy) is 1. The van der Waals surface area contributed by atoms with E-state index in [4.69, 9.17) is 4.74 Å². The van der Waals surface area contributed by atoms with Crippen molar-refractivity contribution in [2.24, 2.45) is 5.92 Å². The van der Waals surface area contributed by atoms with E-state index in [1.54, 1.807) is 12.1 Å². The van der Waals surface area contributed by atoms with Crippen LogP contribution in [-0.4, -0.2) is 31.4 Å². The molecule has 0 aromatic heterocycles. The molecule has 0 bridgehead atoms. The van der Waals surface area contributed by atoms with Crippen LogP contribution in [0.2, 0.25) is 0 Å². The number of halogens is 1. The van der Waals surface area contributed by atoms with Gasteiger partial charge < -0.3 is 10.1 Å². The second-order valence-electron chi connectivity index (χ2n) is 4.96. The van der Waals surface area contributed by atoms with Crippen LogP contribution < -0.4 is 5.32 Å². The highest BCUT2D eigenvalue weighted by Crippen LogP contribution is 2.28. The summed E-state index contributed by atoms with van der Waals surface area (Å²) in [5.41, 5.74) is 0. The summed E-state index contributed by atoms with van der Waals surface area (Å²) in [6.07, 6.45) is 3.45. The van der Waals surface area contributed by atoms with Crippen LogP contribution >= 0.6 is 11.8 Å². The SMILES string of the molecule is O=C(CSc1ccc(F)cc1)NCCCOCC1CC1. The maximum Gasteiger partial charge on any atom is 0.230 e. The maximum atomic E-state index is 12.7. The second-order valence-corrected chi connectivity index (χ2v) is 6.01. The predicted molar refractivity (Wildman–Crippen MR) is 78.3 cm³/mol. The van der Waals surface area contributed by atoms with Crippen molar-refractivity contribution >= 4 is 17.7 Å². The molecule has 0 aliphatic heterocycles. The Bertz CT molecular complexity index is 420. The molecule has 20 heavy (non-hydrogen) atoms. The van der Waals surface area contributed by atoms with Crippen molar-refractivity contribution < 1.29 is 13.9 Å². The van der Waals surface area contributed by atoms with Gasteiger partial charge in [-0.2, -0.15) is 0 Å². The first kappa shape index (κ1) is 15.3. The van der Waals surface area contributed by atoms with Crippen molar-refractivity contribution in [1.29, 1.82) is 0 Å². The standard InChI is InChI=1S/C15H20FNO2S/c16-13-4-6-14(7-5-13)20-11-15(18)17-8-1-9-19-10-12-2-3-12/h4-7,12H,1-3,8-11H2,(H,17,18). The number of benzene rings is 1. The van der Waals surface area contributed by atoms with Gasteiger partial charge in [-0.25, -0.2) is 4.39 Å². The molecule has 1 saturated carbocycles. The summed E-state index contributed by atoms with van der Waals surface area (Å²) < 4.78 is 18.2. The van der Waals surface area contributed by atoms with Gasteiger partial charge in [-0.3, -0.25) is 4.79 Å². The largest absolute Gasteiger partial charge is 0.381 e. The van der Waals surface area contributed by atoms with Crippen molar-refractivity contribution in [3.05, 3.63) is 30.1 Å². The molecule has 1 fully saturated rings. The Morgan fingerprint density at radius 2 is 2.10 bits per heavy atom. The highest BCUT2D eigenvalue weighted by molar-refractivity contribution is 8.00. The normalized spacial score (nSPS) is 14.2. The number of carbonyl (C=O) groups is 1. The molecule has 1 aliphatic carbocycles. The van der Waals surface area contributed by atoms with Gasteiger partial charge in [-0.15, -0.1) is 11.8 Å². The monoisotopic (exact) mass is 297 g/mol. The van der Waals surface area contributed by atoms with Crippen LogP contribution in [0.1, 0.15) is 19.3 Å². The molecule has 0 spiro atoms. The first-order valence-electron chi connectivity index (χ1n) is 6.97. The summed E-state index contributed by atoms with van der Waals surface area (Å²) in [5, 5.41) is 2.85. The lowest BCUT2D eigenvalue weighted by Crippen LogP contribution is -2.26. The Morgan fingerprint density at radius 3 is 2.80 bits per heavy atom. The minimum Gasteiger partial charge on any atom is -0.381 e. The predicted octanol–water partition coefficient (Wildman–Crippen LogP) is 2.85. The lowest BCUT2D eigenvalue weighted by molar-refractivity contribution is -0.118. The van der Waals surface area contributed by atoms with E-state index in [0.29, 0.717) is 18.9 Å². The van der Waals surface area contributed by atoms with Gasteiger partial charge in [0.1, 0.15) is 5.82 Å². The van der Waals surface area contributed by atoms with Gasteiger partial charge in [0.2, 0.25) is 5.91 Å². The Morgan fingerprint density at radius 1 is 1.35 bits per heavy atom. The number of carbonyl (C=O) groups excluding carboxylic acids is 1. The molecular weight excluding hydrogens is 277 g/mol. The Hall–Kier alpha value is -1.07. The summed E-state index contributed by atoms with van der Waals surface area (Å²) >= 11 is 1.41. The van der Waals surface area contributed by atoms with Gasteiger partial charge in [0.15, 0.2) is 0 Å². The molecular formula is C15H20FNO2S. The van der Waals surface area contributed by atoms with Crippen LogP contribution in [0.4, 0.5) is 4.39 Å². The van der Waals surface area contributed by atoms with E-state index in [0.717, 1.165) is 23.8 Å². The first-order valence-corrected chi connectivity index (χ1v) is 7.95. The molecule has 110 valence electrons. The number of nitrogens with one attached hydrogen (secondary N) is 1. The molecule has 0 radical (unpaired) electrons. The van der Waals surface area contributed by atoms with Crippen LogP contribution in [0, 0.1) is 11.7 Å². The first-order chi connectivity index (χ1) is 9.74. The van der Waals surface area contributed by atoms with Gasteiger partial charge >= 0.3 is 0 Å². The molecule has 0 unspecified atom stereocenters. The molecule has 1 aromatic carbocycles. The average Bonchev–Trinajstić information content (AvgIpc) is 3.26.